The van der Waals surface area contributed by atoms with Crippen molar-refractivity contribution in [1.29, 1.82) is 0 Å². The number of fused-ring (bicyclic) bond motifs is 1. The van der Waals surface area contributed by atoms with E-state index in [0.29, 0.717) is 62.7 Å². The molecular formula is C42H56ClN5O5S. The van der Waals surface area contributed by atoms with Crippen LogP contribution in [0.4, 0.5) is 0 Å². The highest BCUT2D eigenvalue weighted by atomic mass is 35.5. The molecule has 5 aliphatic carbocycles. The lowest BCUT2D eigenvalue weighted by Gasteiger charge is -2.58. The number of nitrogens with zero attached hydrogens (tertiary/aromatic N) is 2. The first-order valence-electron chi connectivity index (χ1n) is 20.4. The largest absolute Gasteiger partial charge is 0.448 e. The Bertz CT molecular complexity index is 1850. The van der Waals surface area contributed by atoms with E-state index in [1.807, 2.05) is 33.1 Å². The second-order valence-corrected chi connectivity index (χ2v) is 19.6. The van der Waals surface area contributed by atoms with Gasteiger partial charge < -0.3 is 30.0 Å². The Kier molecular flexibility index (Phi) is 9.58. The van der Waals surface area contributed by atoms with Crippen LogP contribution in [0.2, 0.25) is 5.02 Å². The van der Waals surface area contributed by atoms with Gasteiger partial charge in [0, 0.05) is 97.4 Å². The second-order valence-electron chi connectivity index (χ2n) is 18.3. The number of thioether (sulfide) groups is 1. The average molecular weight is 778 g/mol. The Labute approximate surface area is 328 Å². The van der Waals surface area contributed by atoms with Crippen LogP contribution < -0.4 is 25.7 Å². The molecule has 2 saturated heterocycles. The fourth-order valence-corrected chi connectivity index (χ4v) is 12.9. The van der Waals surface area contributed by atoms with Crippen LogP contribution in [0.3, 0.4) is 0 Å². The number of rotatable bonds is 10. The number of pyridine rings is 1. The molecule has 2 amide bonds. The zero-order chi connectivity index (χ0) is 37.5. The molecule has 54 heavy (non-hydrogen) atoms. The lowest BCUT2D eigenvalue weighted by atomic mass is 9.49. The summed E-state index contributed by atoms with van der Waals surface area (Å²) in [5.74, 6) is 3.13. The fraction of sp³-hybridized carbons (Fsp3) is 0.690. The molecule has 0 radical (unpaired) electrons. The minimum absolute atomic E-state index is 0.103. The van der Waals surface area contributed by atoms with Crippen molar-refractivity contribution in [1.82, 2.24) is 25.4 Å². The number of hydrogen-bond acceptors (Lipinski definition) is 8. The van der Waals surface area contributed by atoms with Crippen molar-refractivity contribution in [2.45, 2.75) is 127 Å². The standard InChI is InChI=1S/C42H56ClN5O5S/c1-23-9-35(54-4)33(40(51)45-23)18-44-39(50)32-13-34(43)38-37(24(32)2)52-41(3,53-38)28-5-7-29(8-6-28)46-30-19-47(20-30)31-21-48(22-31)36(49)17-42-14-25-10-26(15-42)12-27(11-25)16-42/h9,13,25-31,46H,5-8,10-12,14-22H2,1-4H3,(H,44,50)(H,45,51). The molecule has 0 spiro atoms. The van der Waals surface area contributed by atoms with Crippen LogP contribution >= 0.6 is 23.4 Å². The summed E-state index contributed by atoms with van der Waals surface area (Å²) >= 11 is 8.21. The van der Waals surface area contributed by atoms with E-state index in [9.17, 15) is 14.4 Å². The van der Waals surface area contributed by atoms with Gasteiger partial charge >= 0.3 is 0 Å². The van der Waals surface area contributed by atoms with Gasteiger partial charge in [-0.15, -0.1) is 11.8 Å². The maximum Gasteiger partial charge on any atom is 0.254 e. The molecule has 1 atom stereocenters. The van der Waals surface area contributed by atoms with Crippen molar-refractivity contribution in [3.8, 4) is 11.5 Å². The molecule has 12 heteroatoms. The van der Waals surface area contributed by atoms with E-state index < -0.39 is 5.79 Å². The number of aromatic amines is 1. The first kappa shape index (κ1) is 36.9. The van der Waals surface area contributed by atoms with Gasteiger partial charge in [0.1, 0.15) is 0 Å². The normalized spacial score (nSPS) is 33.1. The van der Waals surface area contributed by atoms with Gasteiger partial charge in [0.2, 0.25) is 5.91 Å². The molecule has 5 saturated carbocycles. The molecule has 4 bridgehead atoms. The number of H-pyrrole nitrogens is 1. The van der Waals surface area contributed by atoms with Crippen molar-refractivity contribution in [2.24, 2.45) is 29.1 Å². The second kappa shape index (κ2) is 14.0. The van der Waals surface area contributed by atoms with Crippen molar-refractivity contribution >= 4 is 35.2 Å². The minimum Gasteiger partial charge on any atom is -0.448 e. The number of amides is 2. The van der Waals surface area contributed by atoms with Crippen LogP contribution in [0.25, 0.3) is 0 Å². The Hall–Kier alpha value is -2.73. The fourth-order valence-electron chi connectivity index (χ4n) is 11.9. The summed E-state index contributed by atoms with van der Waals surface area (Å²) in [5.41, 5.74) is 2.51. The van der Waals surface area contributed by atoms with E-state index in [1.54, 1.807) is 6.07 Å². The van der Waals surface area contributed by atoms with Crippen LogP contribution in [0.5, 0.6) is 11.5 Å². The zero-order valence-electron chi connectivity index (χ0n) is 32.2. The highest BCUT2D eigenvalue weighted by Gasteiger charge is 2.53. The van der Waals surface area contributed by atoms with E-state index >= 15 is 0 Å². The summed E-state index contributed by atoms with van der Waals surface area (Å²) in [6.45, 7) is 9.75. The maximum atomic E-state index is 13.4. The summed E-state index contributed by atoms with van der Waals surface area (Å²) in [6.07, 6.45) is 15.0. The summed E-state index contributed by atoms with van der Waals surface area (Å²) in [4.78, 5) is 47.8. The quantitative estimate of drug-likeness (QED) is 0.237. The van der Waals surface area contributed by atoms with Crippen molar-refractivity contribution in [3.05, 3.63) is 49.9 Å². The molecule has 3 aliphatic heterocycles. The number of aryl methyl sites for hydroxylation is 1. The molecule has 1 aromatic carbocycles. The minimum atomic E-state index is -0.865. The Balaban J connectivity index is 0.726. The van der Waals surface area contributed by atoms with Gasteiger partial charge in [-0.1, -0.05) is 11.6 Å². The maximum absolute atomic E-state index is 13.4. The van der Waals surface area contributed by atoms with Crippen LogP contribution in [0.1, 0.15) is 105 Å². The van der Waals surface area contributed by atoms with E-state index in [1.165, 1.54) is 50.3 Å². The van der Waals surface area contributed by atoms with Gasteiger partial charge in [-0.3, -0.25) is 19.3 Å². The number of carbonyl (C=O) groups is 2. The monoisotopic (exact) mass is 777 g/mol. The van der Waals surface area contributed by atoms with E-state index in [4.69, 9.17) is 21.1 Å². The Morgan fingerprint density at radius 2 is 1.59 bits per heavy atom. The highest BCUT2D eigenvalue weighted by molar-refractivity contribution is 7.98. The molecule has 2 aromatic rings. The number of hydrogen-bond donors (Lipinski definition) is 3. The number of benzene rings is 1. The first-order valence-corrected chi connectivity index (χ1v) is 22.0. The van der Waals surface area contributed by atoms with Crippen LogP contribution in [0.15, 0.2) is 21.8 Å². The average Bonchev–Trinajstić information content (AvgIpc) is 3.46. The van der Waals surface area contributed by atoms with Crippen molar-refractivity contribution in [3.63, 3.8) is 0 Å². The van der Waals surface area contributed by atoms with Gasteiger partial charge in [-0.2, -0.15) is 0 Å². The van der Waals surface area contributed by atoms with Gasteiger partial charge in [0.25, 0.3) is 17.3 Å². The predicted octanol–water partition coefficient (Wildman–Crippen LogP) is 6.43. The molecule has 10 rings (SSSR count). The smallest absolute Gasteiger partial charge is 0.254 e. The molecule has 3 N–H and O–H groups in total. The van der Waals surface area contributed by atoms with Gasteiger partial charge in [0.15, 0.2) is 11.5 Å². The number of likely N-dealkylation sites (tertiary alicyclic amines) is 2. The molecular weight excluding hydrogens is 722 g/mol. The van der Waals surface area contributed by atoms with Crippen LogP contribution in [-0.4, -0.2) is 82.9 Å². The third kappa shape index (κ3) is 6.76. The number of nitrogens with one attached hydrogen (secondary N) is 3. The first-order chi connectivity index (χ1) is 25.9. The lowest BCUT2D eigenvalue weighted by molar-refractivity contribution is -0.148. The number of halogens is 1. The number of aromatic nitrogens is 1. The third-order valence-corrected chi connectivity index (χ3v) is 15.5. The summed E-state index contributed by atoms with van der Waals surface area (Å²) in [6, 6.07) is 5.04. The van der Waals surface area contributed by atoms with Crippen LogP contribution in [-0.2, 0) is 11.3 Å². The van der Waals surface area contributed by atoms with Crippen LogP contribution in [0, 0.1) is 42.9 Å². The molecule has 1 unspecified atom stereocenters. The van der Waals surface area contributed by atoms with Crippen molar-refractivity contribution in [2.75, 3.05) is 32.4 Å². The Morgan fingerprint density at radius 1 is 0.944 bits per heavy atom. The third-order valence-electron chi connectivity index (χ3n) is 14.4. The molecule has 292 valence electrons. The molecule has 7 fully saturated rings. The van der Waals surface area contributed by atoms with Gasteiger partial charge in [-0.05, 0) is 120 Å². The van der Waals surface area contributed by atoms with E-state index in [0.717, 1.165) is 86.6 Å². The van der Waals surface area contributed by atoms with Gasteiger partial charge in [-0.25, -0.2) is 0 Å². The molecule has 1 aromatic heterocycles. The SMILES string of the molecule is CSc1cc(C)[nH]c(=O)c1CNC(=O)c1cc(Cl)c2c(c1C)OC(C)(C1CCC(NC3CN(C4CN(C(=O)CC56CC7CC(CC(C7)C5)C6)C4)C3)CC1)O2. The molecule has 8 aliphatic rings. The summed E-state index contributed by atoms with van der Waals surface area (Å²) < 4.78 is 13.0. The topological polar surface area (TPSA) is 116 Å². The molecule has 10 nitrogen and oxygen atoms in total. The molecule has 4 heterocycles. The number of carbonyl (C=O) groups excluding carboxylic acids is 2. The highest BCUT2D eigenvalue weighted by Crippen LogP contribution is 2.61. The lowest BCUT2D eigenvalue weighted by Crippen LogP contribution is -2.70. The van der Waals surface area contributed by atoms with E-state index in [2.05, 4.69) is 25.4 Å². The Morgan fingerprint density at radius 3 is 2.24 bits per heavy atom. The summed E-state index contributed by atoms with van der Waals surface area (Å²) in [7, 11) is 0. The zero-order valence-corrected chi connectivity index (χ0v) is 33.8. The van der Waals surface area contributed by atoms with Gasteiger partial charge in [0.05, 0.1) is 5.02 Å². The van der Waals surface area contributed by atoms with Crippen molar-refractivity contribution < 1.29 is 19.1 Å². The summed E-state index contributed by atoms with van der Waals surface area (Å²) in [5, 5.41) is 7.19. The predicted molar refractivity (Wildman–Crippen MR) is 210 cm³/mol. The number of ether oxygens (including phenoxy) is 2. The van der Waals surface area contributed by atoms with E-state index in [-0.39, 0.29) is 23.9 Å².